The van der Waals surface area contributed by atoms with E-state index in [0.29, 0.717) is 33.7 Å². The van der Waals surface area contributed by atoms with Crippen LogP contribution in [0.1, 0.15) is 29.6 Å². The van der Waals surface area contributed by atoms with Crippen molar-refractivity contribution in [2.24, 2.45) is 5.73 Å². The minimum absolute atomic E-state index is 0.0373. The van der Waals surface area contributed by atoms with Gasteiger partial charge in [0.15, 0.2) is 0 Å². The van der Waals surface area contributed by atoms with E-state index in [1.165, 1.54) is 11.3 Å². The molecule has 1 saturated heterocycles. The second kappa shape index (κ2) is 9.58. The van der Waals surface area contributed by atoms with Crippen LogP contribution in [0.4, 0.5) is 10.7 Å². The molecular formula is C19H20Cl2N4O3S. The number of halogens is 2. The highest BCUT2D eigenvalue weighted by Gasteiger charge is 2.30. The molecule has 4 N–H and O–H groups in total. The van der Waals surface area contributed by atoms with Crippen LogP contribution < -0.4 is 16.4 Å². The Hall–Kier alpha value is -2.13. The molecule has 0 aliphatic carbocycles. The zero-order valence-corrected chi connectivity index (χ0v) is 17.7. The predicted molar refractivity (Wildman–Crippen MR) is 116 cm³/mol. The van der Waals surface area contributed by atoms with Gasteiger partial charge < -0.3 is 16.4 Å². The minimum Gasteiger partial charge on any atom is -0.366 e. The highest BCUT2D eigenvalue weighted by molar-refractivity contribution is 7.14. The molecule has 0 radical (unpaired) electrons. The molecule has 2 heterocycles. The number of amides is 3. The van der Waals surface area contributed by atoms with E-state index in [1.807, 2.05) is 4.90 Å². The van der Waals surface area contributed by atoms with Gasteiger partial charge in [-0.2, -0.15) is 0 Å². The second-order valence-corrected chi connectivity index (χ2v) is 8.41. The van der Waals surface area contributed by atoms with Gasteiger partial charge in [-0.25, -0.2) is 0 Å². The van der Waals surface area contributed by atoms with E-state index in [4.69, 9.17) is 28.9 Å². The summed E-state index contributed by atoms with van der Waals surface area (Å²) in [5.74, 6) is -1.10. The van der Waals surface area contributed by atoms with Crippen molar-refractivity contribution in [1.82, 2.24) is 4.90 Å². The Bertz CT molecular complexity index is 934. The van der Waals surface area contributed by atoms with Crippen LogP contribution in [-0.2, 0) is 9.59 Å². The molecule has 0 spiro atoms. The van der Waals surface area contributed by atoms with Crippen LogP contribution in [0.25, 0.3) is 0 Å². The standard InChI is InChI=1S/C19H20Cl2N4O3S/c20-13-5-4-11(9-14(13)21)23-18(28)15-3-1-2-7-25(15)10-16(26)24-19-12(17(22)27)6-8-29-19/h4-6,8-9,15H,1-3,7,10H2,(H2,22,27)(H,23,28)(H,24,26). The molecule has 1 unspecified atom stereocenters. The normalized spacial score (nSPS) is 17.0. The highest BCUT2D eigenvalue weighted by atomic mass is 35.5. The summed E-state index contributed by atoms with van der Waals surface area (Å²) in [6.45, 7) is 0.662. The molecule has 1 fully saturated rings. The molecule has 1 aromatic heterocycles. The minimum atomic E-state index is -0.599. The topological polar surface area (TPSA) is 105 Å². The Balaban J connectivity index is 1.64. The highest BCUT2D eigenvalue weighted by Crippen LogP contribution is 2.26. The van der Waals surface area contributed by atoms with Gasteiger partial charge in [0, 0.05) is 5.69 Å². The summed E-state index contributed by atoms with van der Waals surface area (Å²) in [7, 11) is 0. The van der Waals surface area contributed by atoms with E-state index < -0.39 is 11.9 Å². The van der Waals surface area contributed by atoms with Crippen molar-refractivity contribution in [1.29, 1.82) is 0 Å². The fraction of sp³-hybridized carbons (Fsp3) is 0.316. The van der Waals surface area contributed by atoms with Crippen LogP contribution in [0.5, 0.6) is 0 Å². The average molecular weight is 455 g/mol. The van der Waals surface area contributed by atoms with Gasteiger partial charge in [-0.3, -0.25) is 19.3 Å². The number of benzene rings is 1. The van der Waals surface area contributed by atoms with Crippen LogP contribution in [0.2, 0.25) is 10.0 Å². The number of carbonyl (C=O) groups excluding carboxylic acids is 3. The molecule has 10 heteroatoms. The maximum atomic E-state index is 12.8. The fourth-order valence-electron chi connectivity index (χ4n) is 3.23. The van der Waals surface area contributed by atoms with Gasteiger partial charge in [-0.05, 0) is 49.0 Å². The van der Waals surface area contributed by atoms with Crippen molar-refractivity contribution in [2.75, 3.05) is 23.7 Å². The van der Waals surface area contributed by atoms with Gasteiger partial charge in [-0.15, -0.1) is 11.3 Å². The van der Waals surface area contributed by atoms with Crippen LogP contribution in [0.3, 0.4) is 0 Å². The summed E-state index contributed by atoms with van der Waals surface area (Å²) in [5.41, 5.74) is 6.13. The molecule has 2 aromatic rings. The van der Waals surface area contributed by atoms with Gasteiger partial charge in [0.1, 0.15) is 5.00 Å². The van der Waals surface area contributed by atoms with E-state index in [2.05, 4.69) is 10.6 Å². The summed E-state index contributed by atoms with van der Waals surface area (Å²) in [5, 5.41) is 8.41. The zero-order chi connectivity index (χ0) is 21.0. The summed E-state index contributed by atoms with van der Waals surface area (Å²) in [6.07, 6.45) is 2.44. The number of hydrogen-bond donors (Lipinski definition) is 3. The van der Waals surface area contributed by atoms with Gasteiger partial charge in [0.25, 0.3) is 5.91 Å². The molecule has 7 nitrogen and oxygen atoms in total. The van der Waals surface area contributed by atoms with Crippen molar-refractivity contribution in [3.8, 4) is 0 Å². The maximum absolute atomic E-state index is 12.8. The largest absolute Gasteiger partial charge is 0.366 e. The number of hydrogen-bond acceptors (Lipinski definition) is 5. The maximum Gasteiger partial charge on any atom is 0.251 e. The molecule has 1 atom stereocenters. The lowest BCUT2D eigenvalue weighted by Crippen LogP contribution is -2.49. The summed E-state index contributed by atoms with van der Waals surface area (Å²) < 4.78 is 0. The lowest BCUT2D eigenvalue weighted by Gasteiger charge is -2.34. The Morgan fingerprint density at radius 3 is 2.66 bits per heavy atom. The Kier molecular flexibility index (Phi) is 7.13. The van der Waals surface area contributed by atoms with Crippen LogP contribution >= 0.6 is 34.5 Å². The third kappa shape index (κ3) is 5.48. The first kappa shape index (κ1) is 21.6. The average Bonchev–Trinajstić information content (AvgIpc) is 3.13. The lowest BCUT2D eigenvalue weighted by atomic mass is 10.0. The SMILES string of the molecule is NC(=O)c1ccsc1NC(=O)CN1CCCCC1C(=O)Nc1ccc(Cl)c(Cl)c1. The molecule has 1 aromatic carbocycles. The second-order valence-electron chi connectivity index (χ2n) is 6.68. The first-order valence-electron chi connectivity index (χ1n) is 9.02. The number of anilines is 2. The van der Waals surface area contributed by atoms with Crippen LogP contribution in [0, 0.1) is 0 Å². The number of nitrogens with two attached hydrogens (primary N) is 1. The van der Waals surface area contributed by atoms with Crippen molar-refractivity contribution >= 4 is 62.9 Å². The molecule has 0 bridgehead atoms. The molecule has 0 saturated carbocycles. The van der Waals surface area contributed by atoms with Crippen molar-refractivity contribution < 1.29 is 14.4 Å². The quantitative estimate of drug-likeness (QED) is 0.619. The number of primary amides is 1. The number of likely N-dealkylation sites (tertiary alicyclic amines) is 1. The van der Waals surface area contributed by atoms with Crippen LogP contribution in [-0.4, -0.2) is 41.8 Å². The number of nitrogens with one attached hydrogen (secondary N) is 2. The van der Waals surface area contributed by atoms with Gasteiger partial charge >= 0.3 is 0 Å². The zero-order valence-electron chi connectivity index (χ0n) is 15.4. The number of rotatable bonds is 6. The lowest BCUT2D eigenvalue weighted by molar-refractivity contribution is -0.124. The van der Waals surface area contributed by atoms with Gasteiger partial charge in [-0.1, -0.05) is 29.6 Å². The Morgan fingerprint density at radius 2 is 1.93 bits per heavy atom. The van der Waals surface area contributed by atoms with E-state index in [-0.39, 0.29) is 23.9 Å². The first-order valence-corrected chi connectivity index (χ1v) is 10.7. The molecule has 3 rings (SSSR count). The van der Waals surface area contributed by atoms with Crippen molar-refractivity contribution in [2.45, 2.75) is 25.3 Å². The van der Waals surface area contributed by atoms with Crippen molar-refractivity contribution in [3.63, 3.8) is 0 Å². The number of nitrogens with zero attached hydrogens (tertiary/aromatic N) is 1. The van der Waals surface area contributed by atoms with Gasteiger partial charge in [0.05, 0.1) is 28.2 Å². The molecule has 1 aliphatic rings. The monoisotopic (exact) mass is 454 g/mol. The van der Waals surface area contributed by atoms with E-state index in [0.717, 1.165) is 12.8 Å². The third-order valence-corrected chi connectivity index (χ3v) is 6.20. The first-order chi connectivity index (χ1) is 13.8. The Labute approximate surface area is 182 Å². The number of thiophene rings is 1. The van der Waals surface area contributed by atoms with Gasteiger partial charge in [0.2, 0.25) is 11.8 Å². The third-order valence-electron chi connectivity index (χ3n) is 4.63. The molecule has 3 amide bonds. The number of carbonyl (C=O) groups is 3. The fourth-order valence-corrected chi connectivity index (χ4v) is 4.33. The molecule has 29 heavy (non-hydrogen) atoms. The van der Waals surface area contributed by atoms with Crippen molar-refractivity contribution in [3.05, 3.63) is 45.3 Å². The molecule has 154 valence electrons. The molecule has 1 aliphatic heterocycles. The summed E-state index contributed by atoms with van der Waals surface area (Å²) >= 11 is 13.1. The Morgan fingerprint density at radius 1 is 1.14 bits per heavy atom. The predicted octanol–water partition coefficient (Wildman–Crippen LogP) is 3.59. The molecular weight excluding hydrogens is 435 g/mol. The van der Waals surface area contributed by atoms with E-state index >= 15 is 0 Å². The smallest absolute Gasteiger partial charge is 0.251 e. The summed E-state index contributed by atoms with van der Waals surface area (Å²) in [4.78, 5) is 38.5. The van der Waals surface area contributed by atoms with E-state index in [1.54, 1.807) is 29.6 Å². The van der Waals surface area contributed by atoms with Crippen LogP contribution in [0.15, 0.2) is 29.6 Å². The summed E-state index contributed by atoms with van der Waals surface area (Å²) in [6, 6.07) is 6.00. The van der Waals surface area contributed by atoms with E-state index in [9.17, 15) is 14.4 Å². The number of piperidine rings is 1.